The molecule has 1 saturated heterocycles. The molecule has 1 aromatic rings. The molecular weight excluding hydrogens is 354 g/mol. The predicted octanol–water partition coefficient (Wildman–Crippen LogP) is 1.80. The second kappa shape index (κ2) is 5.79. The number of nitrogens with zero attached hydrogens (tertiary/aromatic N) is 1. The Hall–Kier alpha value is 0.01000. The van der Waals surface area contributed by atoms with Gasteiger partial charge in [0.1, 0.15) is 4.90 Å². The van der Waals surface area contributed by atoms with Crippen molar-refractivity contribution in [3.8, 4) is 0 Å². The van der Waals surface area contributed by atoms with Gasteiger partial charge in [0.2, 0.25) is 10.0 Å². The molecule has 0 amide bonds. The molecule has 1 aromatic heterocycles. The van der Waals surface area contributed by atoms with Crippen molar-refractivity contribution in [2.24, 2.45) is 0 Å². The zero-order valence-electron chi connectivity index (χ0n) is 10.7. The van der Waals surface area contributed by atoms with Crippen LogP contribution >= 0.6 is 27.3 Å². The Balaban J connectivity index is 2.33. The van der Waals surface area contributed by atoms with Crippen LogP contribution in [0.2, 0.25) is 0 Å². The van der Waals surface area contributed by atoms with E-state index in [2.05, 4.69) is 15.9 Å². The normalized spacial score (nSPS) is 25.7. The number of hydrogen-bond acceptors (Lipinski definition) is 5. The summed E-state index contributed by atoms with van der Waals surface area (Å²) in [4.78, 5) is 0.850. The van der Waals surface area contributed by atoms with Crippen LogP contribution in [0.4, 0.5) is 0 Å². The Morgan fingerprint density at radius 2 is 2.05 bits per heavy atom. The van der Waals surface area contributed by atoms with Gasteiger partial charge < -0.3 is 9.84 Å². The van der Waals surface area contributed by atoms with Crippen molar-refractivity contribution in [1.29, 1.82) is 0 Å². The summed E-state index contributed by atoms with van der Waals surface area (Å²) >= 11 is 4.50. The highest BCUT2D eigenvalue weighted by molar-refractivity contribution is 9.11. The molecule has 1 fully saturated rings. The Bertz CT molecular complexity index is 547. The van der Waals surface area contributed by atoms with Crippen molar-refractivity contribution in [2.45, 2.75) is 37.6 Å². The van der Waals surface area contributed by atoms with Gasteiger partial charge in [0.15, 0.2) is 0 Å². The summed E-state index contributed by atoms with van der Waals surface area (Å²) < 4.78 is 32.7. The molecule has 8 heteroatoms. The van der Waals surface area contributed by atoms with Gasteiger partial charge >= 0.3 is 0 Å². The summed E-state index contributed by atoms with van der Waals surface area (Å²) in [5.74, 6) is 0. The lowest BCUT2D eigenvalue weighted by Crippen LogP contribution is -2.48. The fraction of sp³-hybridized carbons (Fsp3) is 0.636. The highest BCUT2D eigenvalue weighted by Crippen LogP contribution is 2.34. The molecule has 0 aliphatic carbocycles. The van der Waals surface area contributed by atoms with Crippen LogP contribution in [0.25, 0.3) is 0 Å². The Morgan fingerprint density at radius 3 is 2.53 bits per heavy atom. The summed E-state index contributed by atoms with van der Waals surface area (Å²) in [5, 5.41) is 9.10. The van der Waals surface area contributed by atoms with E-state index in [9.17, 15) is 8.42 Å². The van der Waals surface area contributed by atoms with Crippen molar-refractivity contribution in [3.63, 3.8) is 0 Å². The Morgan fingerprint density at radius 1 is 1.47 bits per heavy atom. The number of thiophene rings is 1. The monoisotopic (exact) mass is 369 g/mol. The van der Waals surface area contributed by atoms with Crippen molar-refractivity contribution in [2.75, 3.05) is 13.1 Å². The van der Waals surface area contributed by atoms with Crippen molar-refractivity contribution < 1.29 is 18.3 Å². The summed E-state index contributed by atoms with van der Waals surface area (Å²) in [5.41, 5.74) is 0. The number of hydrogen-bond donors (Lipinski definition) is 1. The maximum absolute atomic E-state index is 12.6. The first-order chi connectivity index (χ1) is 8.84. The summed E-state index contributed by atoms with van der Waals surface area (Å²) in [6, 6.07) is 1.52. The van der Waals surface area contributed by atoms with E-state index in [0.717, 1.165) is 0 Å². The molecule has 2 unspecified atom stereocenters. The maximum Gasteiger partial charge on any atom is 0.245 e. The van der Waals surface area contributed by atoms with Gasteiger partial charge in [0.25, 0.3) is 0 Å². The number of ether oxygens (including phenoxy) is 1. The third kappa shape index (κ3) is 3.20. The van der Waals surface area contributed by atoms with E-state index in [1.54, 1.807) is 0 Å². The van der Waals surface area contributed by atoms with E-state index >= 15 is 0 Å². The van der Waals surface area contributed by atoms with Gasteiger partial charge in [-0.05, 0) is 35.8 Å². The Labute approximate surface area is 125 Å². The third-order valence-corrected chi connectivity index (χ3v) is 6.93. The minimum absolute atomic E-state index is 0.117. The highest BCUT2D eigenvalue weighted by atomic mass is 79.9. The van der Waals surface area contributed by atoms with Crippen LogP contribution < -0.4 is 0 Å². The molecule has 0 spiro atoms. The fourth-order valence-corrected chi connectivity index (χ4v) is 6.20. The minimum atomic E-state index is -3.54. The molecule has 1 N–H and O–H groups in total. The number of aliphatic hydroxyl groups excluding tert-OH is 1. The van der Waals surface area contributed by atoms with Gasteiger partial charge in [0, 0.05) is 18.0 Å². The van der Waals surface area contributed by atoms with Crippen molar-refractivity contribution >= 4 is 37.3 Å². The average molecular weight is 370 g/mol. The lowest BCUT2D eigenvalue weighted by Gasteiger charge is -2.34. The molecule has 0 radical (unpaired) electrons. The molecule has 0 saturated carbocycles. The van der Waals surface area contributed by atoms with Gasteiger partial charge in [0.05, 0.1) is 22.6 Å². The zero-order chi connectivity index (χ0) is 14.2. The van der Waals surface area contributed by atoms with E-state index in [1.807, 2.05) is 13.8 Å². The molecule has 19 heavy (non-hydrogen) atoms. The first-order valence-corrected chi connectivity index (χ1v) is 8.94. The SMILES string of the molecule is CC1CN(S(=O)(=O)c2cc(CO)sc2Br)CC(C)O1. The van der Waals surface area contributed by atoms with Gasteiger partial charge in [-0.3, -0.25) is 0 Å². The number of rotatable bonds is 3. The molecule has 5 nitrogen and oxygen atoms in total. The maximum atomic E-state index is 12.6. The van der Waals surface area contributed by atoms with Gasteiger partial charge in [-0.25, -0.2) is 8.42 Å². The van der Waals surface area contributed by atoms with Crippen LogP contribution in [0.1, 0.15) is 18.7 Å². The zero-order valence-corrected chi connectivity index (χ0v) is 13.9. The largest absolute Gasteiger partial charge is 0.391 e. The average Bonchev–Trinajstić information content (AvgIpc) is 2.70. The van der Waals surface area contributed by atoms with Crippen LogP contribution in [0.3, 0.4) is 0 Å². The standard InChI is InChI=1S/C11H16BrNO4S2/c1-7-4-13(5-8(2)17-7)19(15,16)10-3-9(6-14)18-11(10)12/h3,7-8,14H,4-6H2,1-2H3. The van der Waals surface area contributed by atoms with Gasteiger partial charge in [-0.1, -0.05) is 0 Å². The summed E-state index contributed by atoms with van der Waals surface area (Å²) in [7, 11) is -3.54. The van der Waals surface area contributed by atoms with Crippen molar-refractivity contribution in [1.82, 2.24) is 4.31 Å². The van der Waals surface area contributed by atoms with Gasteiger partial charge in [-0.15, -0.1) is 11.3 Å². The minimum Gasteiger partial charge on any atom is -0.391 e. The number of sulfonamides is 1. The van der Waals surface area contributed by atoms with Crippen LogP contribution in [0.5, 0.6) is 0 Å². The summed E-state index contributed by atoms with van der Waals surface area (Å²) in [6.07, 6.45) is -0.235. The number of aliphatic hydroxyl groups is 1. The number of morpholine rings is 1. The van der Waals surface area contributed by atoms with E-state index in [-0.39, 0.29) is 23.7 Å². The molecule has 1 aliphatic heterocycles. The molecule has 2 heterocycles. The van der Waals surface area contributed by atoms with Crippen LogP contribution in [0.15, 0.2) is 14.7 Å². The van der Waals surface area contributed by atoms with E-state index in [4.69, 9.17) is 9.84 Å². The van der Waals surface area contributed by atoms with E-state index in [1.165, 1.54) is 21.7 Å². The topological polar surface area (TPSA) is 66.8 Å². The highest BCUT2D eigenvalue weighted by Gasteiger charge is 2.34. The van der Waals surface area contributed by atoms with Crippen LogP contribution in [0, 0.1) is 0 Å². The van der Waals surface area contributed by atoms with Crippen LogP contribution in [-0.4, -0.2) is 43.1 Å². The lowest BCUT2D eigenvalue weighted by molar-refractivity contribution is -0.0440. The second-order valence-electron chi connectivity index (χ2n) is 4.59. The van der Waals surface area contributed by atoms with Crippen molar-refractivity contribution in [3.05, 3.63) is 14.7 Å². The number of halogens is 1. The molecule has 108 valence electrons. The van der Waals surface area contributed by atoms with E-state index in [0.29, 0.717) is 21.8 Å². The Kier molecular flexibility index (Phi) is 4.69. The molecule has 2 rings (SSSR count). The smallest absolute Gasteiger partial charge is 0.245 e. The fourth-order valence-electron chi connectivity index (χ4n) is 2.12. The quantitative estimate of drug-likeness (QED) is 0.881. The predicted molar refractivity (Wildman–Crippen MR) is 76.7 cm³/mol. The first-order valence-electron chi connectivity index (χ1n) is 5.89. The molecule has 1 aliphatic rings. The first kappa shape index (κ1) is 15.4. The second-order valence-corrected chi connectivity index (χ2v) is 8.95. The third-order valence-electron chi connectivity index (χ3n) is 2.87. The lowest BCUT2D eigenvalue weighted by atomic mass is 10.3. The summed E-state index contributed by atoms with van der Waals surface area (Å²) in [6.45, 7) is 4.27. The van der Waals surface area contributed by atoms with E-state index < -0.39 is 10.0 Å². The molecule has 2 atom stereocenters. The molecule has 0 aromatic carbocycles. The van der Waals surface area contributed by atoms with Crippen LogP contribution in [-0.2, 0) is 21.4 Å². The van der Waals surface area contributed by atoms with Gasteiger partial charge in [-0.2, -0.15) is 4.31 Å². The molecular formula is C11H16BrNO4S2. The molecule has 0 bridgehead atoms.